The molecule has 0 heterocycles. The fraction of sp³-hybridized carbons (Fsp3) is 0.462. The summed E-state index contributed by atoms with van der Waals surface area (Å²) in [5, 5.41) is 0. The van der Waals surface area contributed by atoms with Gasteiger partial charge in [-0.2, -0.15) is 0 Å². The molecular formula is C13H19NO. The normalized spacial score (nSPS) is 12.4. The van der Waals surface area contributed by atoms with E-state index in [0.717, 1.165) is 18.4 Å². The molecule has 0 aromatic heterocycles. The van der Waals surface area contributed by atoms with E-state index in [1.807, 2.05) is 37.3 Å². The first-order valence-electron chi connectivity index (χ1n) is 5.53. The lowest BCUT2D eigenvalue weighted by Gasteiger charge is -2.10. The van der Waals surface area contributed by atoms with Crippen LogP contribution in [0.5, 0.6) is 0 Å². The summed E-state index contributed by atoms with van der Waals surface area (Å²) in [5.41, 5.74) is 6.50. The van der Waals surface area contributed by atoms with Gasteiger partial charge in [-0.05, 0) is 24.9 Å². The second-order valence-electron chi connectivity index (χ2n) is 3.84. The highest BCUT2D eigenvalue weighted by atomic mass is 16.1. The van der Waals surface area contributed by atoms with E-state index in [-0.39, 0.29) is 5.92 Å². The van der Waals surface area contributed by atoms with E-state index in [0.29, 0.717) is 18.7 Å². The van der Waals surface area contributed by atoms with Gasteiger partial charge >= 0.3 is 0 Å². The molecule has 2 nitrogen and oxygen atoms in total. The Kier molecular flexibility index (Phi) is 5.05. The zero-order chi connectivity index (χ0) is 11.1. The van der Waals surface area contributed by atoms with E-state index in [2.05, 4.69) is 0 Å². The summed E-state index contributed by atoms with van der Waals surface area (Å²) in [4.78, 5) is 11.8. The van der Waals surface area contributed by atoms with Gasteiger partial charge < -0.3 is 5.73 Å². The summed E-state index contributed by atoms with van der Waals surface area (Å²) in [6, 6.07) is 9.92. The van der Waals surface area contributed by atoms with Gasteiger partial charge in [-0.25, -0.2) is 0 Å². The third-order valence-electron chi connectivity index (χ3n) is 2.66. The number of nitrogens with two attached hydrogens (primary N) is 1. The molecule has 0 aliphatic rings. The molecule has 2 N–H and O–H groups in total. The van der Waals surface area contributed by atoms with Crippen molar-refractivity contribution in [3.05, 3.63) is 35.9 Å². The fourth-order valence-electron chi connectivity index (χ4n) is 1.59. The minimum absolute atomic E-state index is 0.0176. The summed E-state index contributed by atoms with van der Waals surface area (Å²) in [6.45, 7) is 2.65. The first-order valence-corrected chi connectivity index (χ1v) is 5.53. The molecule has 0 bridgehead atoms. The van der Waals surface area contributed by atoms with Gasteiger partial charge in [0.2, 0.25) is 0 Å². The fourth-order valence-corrected chi connectivity index (χ4v) is 1.59. The van der Waals surface area contributed by atoms with Crippen LogP contribution in [0.2, 0.25) is 0 Å². The highest BCUT2D eigenvalue weighted by Crippen LogP contribution is 2.18. The van der Waals surface area contributed by atoms with E-state index in [4.69, 9.17) is 5.73 Å². The van der Waals surface area contributed by atoms with Crippen LogP contribution in [0.1, 0.15) is 37.7 Å². The Morgan fingerprint density at radius 3 is 2.53 bits per heavy atom. The number of rotatable bonds is 6. The molecule has 0 spiro atoms. The minimum atomic E-state index is 0.0176. The lowest BCUT2D eigenvalue weighted by Crippen LogP contribution is -2.09. The molecule has 0 amide bonds. The molecule has 0 aliphatic heterocycles. The lowest BCUT2D eigenvalue weighted by molar-refractivity contribution is -0.120. The van der Waals surface area contributed by atoms with E-state index in [1.54, 1.807) is 0 Å². The molecule has 0 fully saturated rings. The van der Waals surface area contributed by atoms with Crippen LogP contribution in [0.25, 0.3) is 0 Å². The molecule has 1 atom stereocenters. The smallest absolute Gasteiger partial charge is 0.140 e. The maximum Gasteiger partial charge on any atom is 0.140 e. The van der Waals surface area contributed by atoms with E-state index < -0.39 is 0 Å². The standard InChI is InChI=1S/C13H19NO/c1-11(12-7-3-2-4-8-12)13(15)9-5-6-10-14/h2-4,7-8,11H,5-6,9-10,14H2,1H3. The van der Waals surface area contributed by atoms with Crippen molar-refractivity contribution in [1.29, 1.82) is 0 Å². The largest absolute Gasteiger partial charge is 0.330 e. The molecule has 82 valence electrons. The molecule has 0 saturated heterocycles. The summed E-state index contributed by atoms with van der Waals surface area (Å²) in [7, 11) is 0. The number of carbonyl (C=O) groups excluding carboxylic acids is 1. The first kappa shape index (κ1) is 11.9. The maximum atomic E-state index is 11.8. The number of Topliss-reactive ketones (excluding diaryl/α,β-unsaturated/α-hetero) is 1. The van der Waals surface area contributed by atoms with Gasteiger partial charge in [-0.3, -0.25) is 4.79 Å². The van der Waals surface area contributed by atoms with Crippen LogP contribution in [-0.4, -0.2) is 12.3 Å². The van der Waals surface area contributed by atoms with Gasteiger partial charge in [0.1, 0.15) is 5.78 Å². The maximum absolute atomic E-state index is 11.8. The Morgan fingerprint density at radius 2 is 1.93 bits per heavy atom. The number of carbonyl (C=O) groups is 1. The van der Waals surface area contributed by atoms with Gasteiger partial charge in [-0.1, -0.05) is 37.3 Å². The van der Waals surface area contributed by atoms with Crippen LogP contribution < -0.4 is 5.73 Å². The Hall–Kier alpha value is -1.15. The summed E-state index contributed by atoms with van der Waals surface area (Å²) in [5.74, 6) is 0.332. The molecule has 1 unspecified atom stereocenters. The van der Waals surface area contributed by atoms with Crippen molar-refractivity contribution in [1.82, 2.24) is 0 Å². The average molecular weight is 205 g/mol. The van der Waals surface area contributed by atoms with Crippen molar-refractivity contribution >= 4 is 5.78 Å². The van der Waals surface area contributed by atoms with Crippen LogP contribution in [-0.2, 0) is 4.79 Å². The number of hydrogen-bond donors (Lipinski definition) is 1. The topological polar surface area (TPSA) is 43.1 Å². The summed E-state index contributed by atoms with van der Waals surface area (Å²) < 4.78 is 0. The van der Waals surface area contributed by atoms with E-state index in [1.165, 1.54) is 0 Å². The predicted octanol–water partition coefficient (Wildman–Crippen LogP) is 2.49. The second-order valence-corrected chi connectivity index (χ2v) is 3.84. The zero-order valence-electron chi connectivity index (χ0n) is 9.28. The van der Waals surface area contributed by atoms with Crippen LogP contribution in [0, 0.1) is 0 Å². The molecule has 0 radical (unpaired) electrons. The van der Waals surface area contributed by atoms with Gasteiger partial charge in [-0.15, -0.1) is 0 Å². The average Bonchev–Trinajstić information content (AvgIpc) is 2.29. The second kappa shape index (κ2) is 6.36. The highest BCUT2D eigenvalue weighted by molar-refractivity contribution is 5.85. The van der Waals surface area contributed by atoms with Crippen molar-refractivity contribution < 1.29 is 4.79 Å². The summed E-state index contributed by atoms with van der Waals surface area (Å²) >= 11 is 0. The van der Waals surface area contributed by atoms with Crippen molar-refractivity contribution in [3.8, 4) is 0 Å². The molecule has 0 aliphatic carbocycles. The zero-order valence-corrected chi connectivity index (χ0v) is 9.28. The lowest BCUT2D eigenvalue weighted by atomic mass is 9.94. The van der Waals surface area contributed by atoms with Crippen LogP contribution >= 0.6 is 0 Å². The molecule has 0 saturated carbocycles. The van der Waals surface area contributed by atoms with Crippen molar-refractivity contribution in [2.24, 2.45) is 5.73 Å². The predicted molar refractivity (Wildman–Crippen MR) is 62.8 cm³/mol. The molecule has 1 aromatic rings. The van der Waals surface area contributed by atoms with E-state index in [9.17, 15) is 4.79 Å². The van der Waals surface area contributed by atoms with Crippen LogP contribution in [0.4, 0.5) is 0 Å². The van der Waals surface area contributed by atoms with Gasteiger partial charge in [0.05, 0.1) is 0 Å². The van der Waals surface area contributed by atoms with Crippen molar-refractivity contribution in [2.75, 3.05) is 6.54 Å². The summed E-state index contributed by atoms with van der Waals surface area (Å²) in [6.07, 6.45) is 2.49. The number of unbranched alkanes of at least 4 members (excludes halogenated alkanes) is 1. The van der Waals surface area contributed by atoms with E-state index >= 15 is 0 Å². The molecule has 2 heteroatoms. The number of benzene rings is 1. The SMILES string of the molecule is CC(C(=O)CCCCN)c1ccccc1. The van der Waals surface area contributed by atoms with Gasteiger partial charge in [0.25, 0.3) is 0 Å². The Labute approximate surface area is 91.5 Å². The van der Waals surface area contributed by atoms with Gasteiger partial charge in [0, 0.05) is 12.3 Å². The quantitative estimate of drug-likeness (QED) is 0.725. The number of ketones is 1. The van der Waals surface area contributed by atoms with Gasteiger partial charge in [0.15, 0.2) is 0 Å². The number of hydrogen-bond acceptors (Lipinski definition) is 2. The monoisotopic (exact) mass is 205 g/mol. The molecule has 15 heavy (non-hydrogen) atoms. The Balaban J connectivity index is 2.46. The first-order chi connectivity index (χ1) is 7.25. The molecule has 1 rings (SSSR count). The third kappa shape index (κ3) is 3.84. The third-order valence-corrected chi connectivity index (χ3v) is 2.66. The molecule has 1 aromatic carbocycles. The Bertz CT molecular complexity index is 295. The van der Waals surface area contributed by atoms with Crippen molar-refractivity contribution in [2.45, 2.75) is 32.1 Å². The highest BCUT2D eigenvalue weighted by Gasteiger charge is 2.13. The Morgan fingerprint density at radius 1 is 1.27 bits per heavy atom. The van der Waals surface area contributed by atoms with Crippen LogP contribution in [0.15, 0.2) is 30.3 Å². The molecular weight excluding hydrogens is 186 g/mol. The van der Waals surface area contributed by atoms with Crippen LogP contribution in [0.3, 0.4) is 0 Å². The minimum Gasteiger partial charge on any atom is -0.330 e. The van der Waals surface area contributed by atoms with Crippen molar-refractivity contribution in [3.63, 3.8) is 0 Å².